The molecule has 1 aromatic carbocycles. The number of nitrogens with zero attached hydrogens (tertiary/aromatic N) is 6. The summed E-state index contributed by atoms with van der Waals surface area (Å²) in [7, 11) is 0. The van der Waals surface area contributed by atoms with Crippen LogP contribution in [0.25, 0.3) is 16.9 Å². The molecule has 36 heavy (non-hydrogen) atoms. The van der Waals surface area contributed by atoms with Gasteiger partial charge in [-0.25, -0.2) is 9.97 Å². The number of benzene rings is 1. The molecule has 4 heterocycles. The summed E-state index contributed by atoms with van der Waals surface area (Å²) in [5, 5.41) is 10.9. The van der Waals surface area contributed by atoms with E-state index in [0.29, 0.717) is 32.0 Å². The van der Waals surface area contributed by atoms with Gasteiger partial charge in [-0.2, -0.15) is 0 Å². The van der Waals surface area contributed by atoms with Gasteiger partial charge in [-0.15, -0.1) is 0 Å². The molecule has 1 amide bonds. The first-order valence-electron chi connectivity index (χ1n) is 12.0. The third-order valence-corrected chi connectivity index (χ3v) is 6.94. The number of imidazole rings is 1. The lowest BCUT2D eigenvalue weighted by molar-refractivity contribution is -0.385. The van der Waals surface area contributed by atoms with Gasteiger partial charge >= 0.3 is 0 Å². The number of aromatic nitrogens is 3. The quantitative estimate of drug-likeness (QED) is 0.312. The molecule has 0 unspecified atom stereocenters. The molecule has 1 saturated heterocycles. The Balaban J connectivity index is 1.36. The highest BCUT2D eigenvalue weighted by molar-refractivity contribution is 5.82. The maximum Gasteiger partial charge on any atom is 0.287 e. The van der Waals surface area contributed by atoms with Crippen molar-refractivity contribution in [2.45, 2.75) is 27.2 Å². The van der Waals surface area contributed by atoms with Crippen LogP contribution in [0.2, 0.25) is 0 Å². The lowest BCUT2D eigenvalue weighted by Crippen LogP contribution is -2.49. The molecule has 9 heteroatoms. The lowest BCUT2D eigenvalue weighted by atomic mass is 10.0. The summed E-state index contributed by atoms with van der Waals surface area (Å²) in [5.41, 5.74) is 7.05. The maximum atomic E-state index is 13.4. The van der Waals surface area contributed by atoms with Gasteiger partial charge in [0.05, 0.1) is 22.7 Å². The Morgan fingerprint density at radius 1 is 1.00 bits per heavy atom. The first-order chi connectivity index (χ1) is 17.3. The fraction of sp³-hybridized carbons (Fsp3) is 0.296. The van der Waals surface area contributed by atoms with E-state index in [4.69, 9.17) is 4.98 Å². The van der Waals surface area contributed by atoms with Crippen molar-refractivity contribution in [2.24, 2.45) is 0 Å². The third kappa shape index (κ3) is 4.39. The number of amides is 1. The number of pyridine rings is 2. The molecule has 184 valence electrons. The van der Waals surface area contributed by atoms with Gasteiger partial charge in [0.15, 0.2) is 0 Å². The zero-order valence-electron chi connectivity index (χ0n) is 20.6. The molecular formula is C27H28N6O3. The van der Waals surface area contributed by atoms with Crippen LogP contribution >= 0.6 is 0 Å². The number of hydrogen-bond acceptors (Lipinski definition) is 6. The van der Waals surface area contributed by atoms with Crippen LogP contribution in [0.3, 0.4) is 0 Å². The first-order valence-corrected chi connectivity index (χ1v) is 12.0. The summed E-state index contributed by atoms with van der Waals surface area (Å²) in [6, 6.07) is 13.4. The highest BCUT2D eigenvalue weighted by atomic mass is 16.6. The van der Waals surface area contributed by atoms with Gasteiger partial charge in [0, 0.05) is 44.0 Å². The zero-order chi connectivity index (χ0) is 25.4. The van der Waals surface area contributed by atoms with Crippen molar-refractivity contribution < 1.29 is 9.72 Å². The summed E-state index contributed by atoms with van der Waals surface area (Å²) in [6.07, 6.45) is 3.50. The smallest absolute Gasteiger partial charge is 0.287 e. The van der Waals surface area contributed by atoms with Crippen molar-refractivity contribution in [1.29, 1.82) is 0 Å². The molecule has 4 aromatic rings. The summed E-state index contributed by atoms with van der Waals surface area (Å²) < 4.78 is 2.04. The Morgan fingerprint density at radius 3 is 2.44 bits per heavy atom. The van der Waals surface area contributed by atoms with E-state index in [0.717, 1.165) is 28.2 Å². The summed E-state index contributed by atoms with van der Waals surface area (Å²) >= 11 is 0. The minimum Gasteiger partial charge on any atom is -0.353 e. The molecule has 0 atom stereocenters. The highest BCUT2D eigenvalue weighted by Gasteiger charge is 2.25. The van der Waals surface area contributed by atoms with Gasteiger partial charge < -0.3 is 14.2 Å². The molecule has 0 aliphatic carbocycles. The molecule has 5 rings (SSSR count). The molecule has 0 spiro atoms. The Bertz CT molecular complexity index is 1450. The largest absolute Gasteiger partial charge is 0.353 e. The van der Waals surface area contributed by atoms with Crippen molar-refractivity contribution in [3.05, 3.63) is 87.4 Å². The topological polar surface area (TPSA) is 96.9 Å². The number of anilines is 1. The van der Waals surface area contributed by atoms with Crippen molar-refractivity contribution in [1.82, 2.24) is 19.3 Å². The Hall–Kier alpha value is -4.27. The normalized spacial score (nSPS) is 13.9. The number of aryl methyl sites for hydroxylation is 3. The van der Waals surface area contributed by atoms with Crippen LogP contribution in [0.15, 0.2) is 54.9 Å². The molecule has 0 saturated carbocycles. The molecule has 1 aliphatic heterocycles. The molecule has 1 aliphatic rings. The molecule has 0 radical (unpaired) electrons. The van der Waals surface area contributed by atoms with Gasteiger partial charge in [0.2, 0.25) is 5.91 Å². The SMILES string of the molecule is Cc1ccc(-c2nc3c(C)cccn3c2CC(=O)N2CCN(c3ccc([N+](=O)[O-])cn3)CC2)cc1C. The van der Waals surface area contributed by atoms with Crippen LogP contribution < -0.4 is 4.90 Å². The summed E-state index contributed by atoms with van der Waals surface area (Å²) in [4.78, 5) is 37.0. The number of piperazine rings is 1. The van der Waals surface area contributed by atoms with E-state index < -0.39 is 4.92 Å². The number of nitro groups is 1. The van der Waals surface area contributed by atoms with Crippen LogP contribution in [0.1, 0.15) is 22.4 Å². The number of carbonyl (C=O) groups excluding carboxylic acids is 1. The summed E-state index contributed by atoms with van der Waals surface area (Å²) in [5.74, 6) is 0.738. The third-order valence-electron chi connectivity index (χ3n) is 6.94. The minimum atomic E-state index is -0.457. The van der Waals surface area contributed by atoms with Gasteiger partial charge in [-0.1, -0.05) is 18.2 Å². The lowest BCUT2D eigenvalue weighted by Gasteiger charge is -2.35. The summed E-state index contributed by atoms with van der Waals surface area (Å²) in [6.45, 7) is 8.56. The van der Waals surface area contributed by atoms with E-state index in [1.165, 1.54) is 23.4 Å². The molecule has 0 N–H and O–H groups in total. The Kier molecular flexibility index (Phi) is 6.13. The van der Waals surface area contributed by atoms with Crippen LogP contribution in [-0.2, 0) is 11.2 Å². The van der Waals surface area contributed by atoms with E-state index >= 15 is 0 Å². The Morgan fingerprint density at radius 2 is 1.78 bits per heavy atom. The van der Waals surface area contributed by atoms with E-state index in [1.54, 1.807) is 6.07 Å². The van der Waals surface area contributed by atoms with Crippen molar-refractivity contribution in [3.8, 4) is 11.3 Å². The molecule has 1 fully saturated rings. The molecular weight excluding hydrogens is 456 g/mol. The second kappa shape index (κ2) is 9.41. The molecule has 9 nitrogen and oxygen atoms in total. The van der Waals surface area contributed by atoms with Gasteiger partial charge in [-0.3, -0.25) is 14.9 Å². The second-order valence-electron chi connectivity index (χ2n) is 9.27. The van der Waals surface area contributed by atoms with E-state index in [2.05, 4.69) is 37.0 Å². The molecule has 3 aromatic heterocycles. The van der Waals surface area contributed by atoms with E-state index in [1.807, 2.05) is 39.5 Å². The van der Waals surface area contributed by atoms with Crippen LogP contribution in [0.5, 0.6) is 0 Å². The van der Waals surface area contributed by atoms with Crippen molar-refractivity contribution in [3.63, 3.8) is 0 Å². The maximum absolute atomic E-state index is 13.4. The monoisotopic (exact) mass is 484 g/mol. The average Bonchev–Trinajstić information content (AvgIpc) is 3.25. The zero-order valence-corrected chi connectivity index (χ0v) is 20.6. The first kappa shape index (κ1) is 23.5. The fourth-order valence-electron chi connectivity index (χ4n) is 4.66. The van der Waals surface area contributed by atoms with Crippen molar-refractivity contribution in [2.75, 3.05) is 31.1 Å². The van der Waals surface area contributed by atoms with Crippen molar-refractivity contribution >= 4 is 23.1 Å². The average molecular weight is 485 g/mol. The van der Waals surface area contributed by atoms with Crippen LogP contribution in [0.4, 0.5) is 11.5 Å². The fourth-order valence-corrected chi connectivity index (χ4v) is 4.66. The standard InChI is InChI=1S/C27H28N6O3/c1-18-6-7-21(15-20(18)3)26-23(32-10-4-5-19(2)27(32)29-26)16-25(34)31-13-11-30(12-14-31)24-9-8-22(17-28-24)33(35)36/h4-10,15,17H,11-14,16H2,1-3H3. The van der Waals surface area contributed by atoms with Crippen LogP contribution in [-0.4, -0.2) is 56.3 Å². The second-order valence-corrected chi connectivity index (χ2v) is 9.27. The van der Waals surface area contributed by atoms with E-state index in [9.17, 15) is 14.9 Å². The van der Waals surface area contributed by atoms with Gasteiger partial charge in [0.25, 0.3) is 5.69 Å². The highest BCUT2D eigenvalue weighted by Crippen LogP contribution is 2.28. The Labute approximate surface area is 209 Å². The minimum absolute atomic E-state index is 0.0320. The van der Waals surface area contributed by atoms with Gasteiger partial charge in [-0.05, 0) is 55.7 Å². The predicted octanol–water partition coefficient (Wildman–Crippen LogP) is 4.12. The number of fused-ring (bicyclic) bond motifs is 1. The number of carbonyl (C=O) groups is 1. The predicted molar refractivity (Wildman–Crippen MR) is 138 cm³/mol. The number of rotatable bonds is 5. The van der Waals surface area contributed by atoms with E-state index in [-0.39, 0.29) is 18.0 Å². The van der Waals surface area contributed by atoms with Gasteiger partial charge in [0.1, 0.15) is 17.7 Å². The molecule has 0 bridgehead atoms. The van der Waals surface area contributed by atoms with Crippen LogP contribution in [0, 0.1) is 30.9 Å². The number of hydrogen-bond donors (Lipinski definition) is 0.